The lowest BCUT2D eigenvalue weighted by atomic mass is 9.96. The van der Waals surface area contributed by atoms with Gasteiger partial charge in [0.05, 0.1) is 33.5 Å². The molecule has 68 heavy (non-hydrogen) atoms. The zero-order chi connectivity index (χ0) is 50.2. The Kier molecular flexibility index (Phi) is 18.0. The quantitative estimate of drug-likeness (QED) is 0.0702. The van der Waals surface area contributed by atoms with Crippen LogP contribution in [0.5, 0.6) is 5.75 Å². The van der Waals surface area contributed by atoms with Gasteiger partial charge in [0.25, 0.3) is 5.91 Å². The van der Waals surface area contributed by atoms with Gasteiger partial charge in [0.2, 0.25) is 0 Å². The number of aromatic carboxylic acids is 3. The number of nitrogens with zero attached hydrogens (tertiary/aromatic N) is 1. The summed E-state index contributed by atoms with van der Waals surface area (Å²) in [6, 6.07) is 31.9. The van der Waals surface area contributed by atoms with Crippen molar-refractivity contribution in [3.8, 4) is 11.8 Å². The van der Waals surface area contributed by atoms with E-state index in [2.05, 4.69) is 10.1 Å². The summed E-state index contributed by atoms with van der Waals surface area (Å²) in [5.74, 6) is -6.71. The van der Waals surface area contributed by atoms with Crippen molar-refractivity contribution in [2.45, 2.75) is 40.2 Å². The van der Waals surface area contributed by atoms with E-state index in [1.165, 1.54) is 98.8 Å². The van der Waals surface area contributed by atoms with Crippen LogP contribution in [0.2, 0.25) is 0 Å². The van der Waals surface area contributed by atoms with Gasteiger partial charge in [-0.1, -0.05) is 54.6 Å². The smallest absolute Gasteiger partial charge is 0.387 e. The van der Waals surface area contributed by atoms with Crippen LogP contribution in [0.15, 0.2) is 127 Å². The molecule has 0 atom stereocenters. The second-order valence-corrected chi connectivity index (χ2v) is 14.5. The molecule has 0 radical (unpaired) electrons. The summed E-state index contributed by atoms with van der Waals surface area (Å²) in [6.45, 7) is 1.39. The maximum Gasteiger partial charge on any atom is 0.387 e. The molecule has 0 bridgehead atoms. The van der Waals surface area contributed by atoms with Gasteiger partial charge in [-0.15, -0.1) is 0 Å². The Labute approximate surface area is 385 Å². The van der Waals surface area contributed by atoms with Crippen LogP contribution in [0.4, 0.5) is 18.9 Å². The maximum absolute atomic E-state index is 13.8. The van der Waals surface area contributed by atoms with E-state index in [0.29, 0.717) is 16.8 Å². The highest BCUT2D eigenvalue weighted by Gasteiger charge is 2.21. The molecule has 6 rings (SSSR count). The minimum Gasteiger partial charge on any atom is -0.478 e. The van der Waals surface area contributed by atoms with E-state index in [-0.39, 0.29) is 80.2 Å². The number of carboxylic acids is 3. The number of ketones is 4. The van der Waals surface area contributed by atoms with Crippen LogP contribution in [-0.2, 0) is 12.8 Å². The van der Waals surface area contributed by atoms with Gasteiger partial charge in [0, 0.05) is 40.7 Å². The summed E-state index contributed by atoms with van der Waals surface area (Å²) >= 11 is 0. The summed E-state index contributed by atoms with van der Waals surface area (Å²) in [5, 5.41) is 39.0. The molecular weight excluding hydrogens is 890 g/mol. The van der Waals surface area contributed by atoms with Crippen molar-refractivity contribution in [3.05, 3.63) is 200 Å². The molecule has 0 spiro atoms. The van der Waals surface area contributed by atoms with Crippen molar-refractivity contribution in [2.75, 3.05) is 5.32 Å². The Balaban J connectivity index is 0.000000223. The van der Waals surface area contributed by atoms with Crippen LogP contribution in [0.3, 0.4) is 0 Å². The van der Waals surface area contributed by atoms with Crippen molar-refractivity contribution < 1.29 is 71.6 Å². The number of Topliss-reactive ketones (excluding diaryl/α,β-unsaturated/α-hetero) is 4. The molecule has 0 heterocycles. The average Bonchev–Trinajstić information content (AvgIpc) is 3.30. The first-order chi connectivity index (χ1) is 32.2. The number of carbonyl (C=O) groups excluding carboxylic acids is 5. The topological polar surface area (TPSA) is 242 Å². The molecule has 0 aliphatic carbocycles. The number of nitriles is 1. The number of aryl methyl sites for hydroxylation is 1. The Hall–Kier alpha value is -9.04. The monoisotopic (exact) mass is 928 g/mol. The lowest BCUT2D eigenvalue weighted by Crippen LogP contribution is -2.17. The van der Waals surface area contributed by atoms with Crippen LogP contribution in [0.25, 0.3) is 0 Å². The van der Waals surface area contributed by atoms with Gasteiger partial charge in [0.1, 0.15) is 17.6 Å². The van der Waals surface area contributed by atoms with Gasteiger partial charge in [-0.2, -0.15) is 14.0 Å². The van der Waals surface area contributed by atoms with Crippen molar-refractivity contribution in [2.24, 2.45) is 0 Å². The normalized spacial score (nSPS) is 10.2. The number of nitrogens with one attached hydrogen (secondary N) is 1. The number of benzene rings is 6. The number of rotatable bonds is 15. The zero-order valence-corrected chi connectivity index (χ0v) is 36.2. The highest BCUT2D eigenvalue weighted by atomic mass is 19.3. The summed E-state index contributed by atoms with van der Waals surface area (Å²) in [5.41, 5.74) is 1.88. The average molecular weight is 929 g/mol. The maximum atomic E-state index is 13.8. The molecule has 17 heteroatoms. The first kappa shape index (κ1) is 51.6. The Morgan fingerprint density at radius 3 is 1.47 bits per heavy atom. The van der Waals surface area contributed by atoms with Crippen molar-refractivity contribution in [1.29, 1.82) is 5.26 Å². The molecule has 0 aliphatic heterocycles. The zero-order valence-electron chi connectivity index (χ0n) is 36.2. The van der Waals surface area contributed by atoms with Gasteiger partial charge in [-0.3, -0.25) is 24.0 Å². The molecule has 0 aromatic heterocycles. The third kappa shape index (κ3) is 14.0. The van der Waals surface area contributed by atoms with Crippen molar-refractivity contribution >= 4 is 52.6 Å². The molecular formula is C51H39F3N2O12. The van der Waals surface area contributed by atoms with Gasteiger partial charge in [0.15, 0.2) is 23.1 Å². The predicted octanol–water partition coefficient (Wildman–Crippen LogP) is 9.58. The van der Waals surface area contributed by atoms with E-state index in [0.717, 1.165) is 11.6 Å². The second-order valence-electron chi connectivity index (χ2n) is 14.5. The van der Waals surface area contributed by atoms with E-state index in [1.807, 2.05) is 13.0 Å². The van der Waals surface area contributed by atoms with Gasteiger partial charge in [-0.25, -0.2) is 18.8 Å². The number of amides is 1. The van der Waals surface area contributed by atoms with E-state index >= 15 is 0 Å². The Morgan fingerprint density at radius 1 is 0.588 bits per heavy atom. The summed E-state index contributed by atoms with van der Waals surface area (Å²) in [6.07, 6.45) is -0.690. The number of anilines is 1. The fourth-order valence-corrected chi connectivity index (χ4v) is 6.36. The molecule has 0 saturated carbocycles. The third-order valence-electron chi connectivity index (χ3n) is 9.70. The standard InChI is InChI=1S/C18H14F2O5.C17H13FO4.C16H12N2O3/c1-10(21)11-6-7-16(25-18(19)20)12(8-11)9-15(22)13-4-2-3-5-14(13)17(23)24;1-10(19)11-6-7-15(18)12(8-11)9-16(20)13-4-2-3-5-14(13)17(21)22;1-10-6-7-14(11(8-10)9-17)18-15(19)12-4-2-3-5-13(12)16(20)21/h2-8,18H,9H2,1H3,(H,23,24);2-8H,9H2,1H3,(H,21,22);2-8H,1H3,(H,18,19)(H,20,21). The number of carbonyl (C=O) groups is 8. The minimum absolute atomic E-state index is 0.0163. The van der Waals surface area contributed by atoms with Gasteiger partial charge >= 0.3 is 24.5 Å². The molecule has 6 aromatic rings. The molecule has 0 fully saturated rings. The predicted molar refractivity (Wildman–Crippen MR) is 240 cm³/mol. The van der Waals surface area contributed by atoms with E-state index < -0.39 is 47.8 Å². The molecule has 6 aromatic carbocycles. The van der Waals surface area contributed by atoms with Crippen LogP contribution in [0, 0.1) is 24.1 Å². The van der Waals surface area contributed by atoms with Crippen molar-refractivity contribution in [3.63, 3.8) is 0 Å². The number of ether oxygens (including phenoxy) is 1. The van der Waals surface area contributed by atoms with Crippen LogP contribution in [-0.4, -0.2) is 68.9 Å². The minimum atomic E-state index is -3.09. The highest BCUT2D eigenvalue weighted by molar-refractivity contribution is 6.11. The van der Waals surface area contributed by atoms with E-state index in [4.69, 9.17) is 20.6 Å². The van der Waals surface area contributed by atoms with E-state index in [1.54, 1.807) is 36.4 Å². The van der Waals surface area contributed by atoms with Crippen LogP contribution < -0.4 is 10.1 Å². The molecule has 14 nitrogen and oxygen atoms in total. The fourth-order valence-electron chi connectivity index (χ4n) is 6.36. The lowest BCUT2D eigenvalue weighted by molar-refractivity contribution is -0.0504. The molecule has 0 saturated heterocycles. The SMILES string of the molecule is CC(=O)c1ccc(F)c(CC(=O)c2ccccc2C(=O)O)c1.CC(=O)c1ccc(OC(F)F)c(CC(=O)c2ccccc2C(=O)O)c1.Cc1ccc(NC(=O)c2ccccc2C(=O)O)c(C#N)c1. The Morgan fingerprint density at radius 2 is 1.01 bits per heavy atom. The van der Waals surface area contributed by atoms with Gasteiger partial charge in [-0.05, 0) is 105 Å². The third-order valence-corrected chi connectivity index (χ3v) is 9.70. The Bertz CT molecular complexity index is 3000. The number of halogens is 3. The number of alkyl halides is 2. The number of hydrogen-bond acceptors (Lipinski definition) is 10. The van der Waals surface area contributed by atoms with Crippen LogP contribution >= 0.6 is 0 Å². The summed E-state index contributed by atoms with van der Waals surface area (Å²) < 4.78 is 43.2. The first-order valence-corrected chi connectivity index (χ1v) is 20.0. The van der Waals surface area contributed by atoms with Crippen LogP contribution in [0.1, 0.15) is 119 Å². The van der Waals surface area contributed by atoms with Crippen molar-refractivity contribution in [1.82, 2.24) is 0 Å². The largest absolute Gasteiger partial charge is 0.478 e. The number of carboxylic acid groups (broad SMARTS) is 3. The summed E-state index contributed by atoms with van der Waals surface area (Å²) in [7, 11) is 0. The molecule has 0 unspecified atom stereocenters. The lowest BCUT2D eigenvalue weighted by Gasteiger charge is -2.12. The second kappa shape index (κ2) is 23.8. The molecule has 346 valence electrons. The fraction of sp³-hybridized carbons (Fsp3) is 0.118. The number of hydrogen-bond donors (Lipinski definition) is 4. The highest BCUT2D eigenvalue weighted by Crippen LogP contribution is 2.26. The van der Waals surface area contributed by atoms with E-state index in [9.17, 15) is 51.5 Å². The molecule has 0 aliphatic rings. The first-order valence-electron chi connectivity index (χ1n) is 20.0. The molecule has 4 N–H and O–H groups in total. The van der Waals surface area contributed by atoms with Gasteiger partial charge < -0.3 is 25.4 Å². The molecule has 1 amide bonds. The summed E-state index contributed by atoms with van der Waals surface area (Å²) in [4.78, 5) is 93.2.